The molecule has 1 aromatic carbocycles. The van der Waals surface area contributed by atoms with E-state index in [1.54, 1.807) is 5.01 Å². The minimum absolute atomic E-state index is 0.141. The fourth-order valence-corrected chi connectivity index (χ4v) is 1.74. The third-order valence-corrected chi connectivity index (χ3v) is 2.69. The van der Waals surface area contributed by atoms with Crippen LogP contribution in [0.4, 0.5) is 0 Å². The molecule has 1 aliphatic rings. The Kier molecular flexibility index (Phi) is 2.64. The van der Waals surface area contributed by atoms with Crippen LogP contribution in [0.5, 0.6) is 0 Å². The van der Waals surface area contributed by atoms with E-state index in [2.05, 4.69) is 24.1 Å². The number of hydrogen-bond donors (Lipinski definition) is 1. The first-order valence-corrected chi connectivity index (χ1v) is 5.25. The number of oxime groups is 1. The molecule has 1 N–H and O–H groups in total. The van der Waals surface area contributed by atoms with Gasteiger partial charge in [-0.15, -0.1) is 0 Å². The van der Waals surface area contributed by atoms with E-state index in [-0.39, 0.29) is 5.54 Å². The topological polar surface area (TPSA) is 48.2 Å². The highest BCUT2D eigenvalue weighted by molar-refractivity contribution is 5.99. The molecule has 1 aliphatic heterocycles. The molecular weight excluding hydrogens is 202 g/mol. The number of hydrazone groups is 1. The first kappa shape index (κ1) is 10.7. The first-order valence-electron chi connectivity index (χ1n) is 5.25. The van der Waals surface area contributed by atoms with Gasteiger partial charge >= 0.3 is 0 Å². The van der Waals surface area contributed by atoms with Crippen molar-refractivity contribution in [3.63, 3.8) is 0 Å². The van der Waals surface area contributed by atoms with E-state index < -0.39 is 0 Å². The average molecular weight is 217 g/mol. The van der Waals surface area contributed by atoms with Gasteiger partial charge in [0.25, 0.3) is 0 Å². The Morgan fingerprint density at radius 3 is 2.56 bits per heavy atom. The minimum atomic E-state index is -0.141. The SMILES string of the molecule is CC1(C)CC=NN1/C(=N/O)c1ccccc1. The van der Waals surface area contributed by atoms with Crippen LogP contribution in [0.3, 0.4) is 0 Å². The molecule has 0 saturated heterocycles. The van der Waals surface area contributed by atoms with Gasteiger partial charge in [-0.05, 0) is 13.8 Å². The lowest BCUT2D eigenvalue weighted by Crippen LogP contribution is -2.41. The molecule has 16 heavy (non-hydrogen) atoms. The molecule has 1 heterocycles. The van der Waals surface area contributed by atoms with Crippen LogP contribution in [0, 0.1) is 0 Å². The highest BCUT2D eigenvalue weighted by Crippen LogP contribution is 2.25. The molecule has 0 aliphatic carbocycles. The van der Waals surface area contributed by atoms with Gasteiger partial charge in [0.1, 0.15) is 0 Å². The molecule has 84 valence electrons. The Balaban J connectivity index is 2.35. The van der Waals surface area contributed by atoms with Crippen molar-refractivity contribution in [1.82, 2.24) is 5.01 Å². The molecule has 2 rings (SSSR count). The number of amidine groups is 1. The van der Waals surface area contributed by atoms with E-state index >= 15 is 0 Å². The van der Waals surface area contributed by atoms with Gasteiger partial charge in [-0.2, -0.15) is 5.10 Å². The molecule has 0 spiro atoms. The molecular formula is C12H15N3O. The highest BCUT2D eigenvalue weighted by atomic mass is 16.4. The van der Waals surface area contributed by atoms with Gasteiger partial charge in [0, 0.05) is 18.2 Å². The second kappa shape index (κ2) is 3.96. The Hall–Kier alpha value is -1.84. The normalized spacial score (nSPS) is 19.1. The van der Waals surface area contributed by atoms with E-state index in [0.717, 1.165) is 12.0 Å². The van der Waals surface area contributed by atoms with Gasteiger partial charge < -0.3 is 5.21 Å². The second-order valence-electron chi connectivity index (χ2n) is 4.42. The number of nitrogens with zero attached hydrogens (tertiary/aromatic N) is 3. The summed E-state index contributed by atoms with van der Waals surface area (Å²) >= 11 is 0. The summed E-state index contributed by atoms with van der Waals surface area (Å²) in [5.41, 5.74) is 0.717. The Labute approximate surface area is 94.9 Å². The summed E-state index contributed by atoms with van der Waals surface area (Å²) in [6.07, 6.45) is 2.69. The predicted molar refractivity (Wildman–Crippen MR) is 63.8 cm³/mol. The van der Waals surface area contributed by atoms with E-state index in [1.165, 1.54) is 0 Å². The molecule has 0 aromatic heterocycles. The van der Waals surface area contributed by atoms with Crippen LogP contribution in [0.1, 0.15) is 25.8 Å². The van der Waals surface area contributed by atoms with Crippen molar-refractivity contribution in [3.05, 3.63) is 35.9 Å². The van der Waals surface area contributed by atoms with Crippen molar-refractivity contribution in [2.75, 3.05) is 0 Å². The summed E-state index contributed by atoms with van der Waals surface area (Å²) in [4.78, 5) is 0. The molecule has 0 amide bonds. The fourth-order valence-electron chi connectivity index (χ4n) is 1.74. The van der Waals surface area contributed by atoms with Gasteiger partial charge in [0.2, 0.25) is 0 Å². The standard InChI is InChI=1S/C12H15N3O/c1-12(2)8-9-13-15(12)11(14-16)10-6-4-3-5-7-10/h3-7,9,16H,8H2,1-2H3/b14-11+. The minimum Gasteiger partial charge on any atom is -0.409 e. The van der Waals surface area contributed by atoms with Gasteiger partial charge in [-0.25, -0.2) is 5.01 Å². The van der Waals surface area contributed by atoms with Crippen LogP contribution >= 0.6 is 0 Å². The molecule has 0 unspecified atom stereocenters. The summed E-state index contributed by atoms with van der Waals surface area (Å²) in [6, 6.07) is 9.55. The smallest absolute Gasteiger partial charge is 0.195 e. The van der Waals surface area contributed by atoms with Crippen molar-refractivity contribution in [2.24, 2.45) is 10.3 Å². The third kappa shape index (κ3) is 1.78. The predicted octanol–water partition coefficient (Wildman–Crippen LogP) is 2.29. The molecule has 0 radical (unpaired) electrons. The number of benzene rings is 1. The number of hydrogen-bond acceptors (Lipinski definition) is 3. The lowest BCUT2D eigenvalue weighted by Gasteiger charge is -2.30. The molecule has 0 bridgehead atoms. The number of rotatable bonds is 1. The van der Waals surface area contributed by atoms with E-state index in [1.807, 2.05) is 36.5 Å². The molecule has 0 saturated carbocycles. The summed E-state index contributed by atoms with van der Waals surface area (Å²) in [6.45, 7) is 4.13. The second-order valence-corrected chi connectivity index (χ2v) is 4.42. The van der Waals surface area contributed by atoms with Crippen molar-refractivity contribution in [2.45, 2.75) is 25.8 Å². The Bertz CT molecular complexity index is 423. The maximum absolute atomic E-state index is 9.14. The third-order valence-electron chi connectivity index (χ3n) is 2.69. The first-order chi connectivity index (χ1) is 7.65. The largest absolute Gasteiger partial charge is 0.409 e. The molecule has 1 aromatic rings. The van der Waals surface area contributed by atoms with Crippen LogP contribution in [0.15, 0.2) is 40.6 Å². The monoisotopic (exact) mass is 217 g/mol. The Morgan fingerprint density at radius 1 is 1.38 bits per heavy atom. The van der Waals surface area contributed by atoms with E-state index in [4.69, 9.17) is 5.21 Å². The van der Waals surface area contributed by atoms with Crippen LogP contribution in [-0.2, 0) is 0 Å². The van der Waals surface area contributed by atoms with E-state index in [9.17, 15) is 0 Å². The quantitative estimate of drug-likeness (QED) is 0.339. The lowest BCUT2D eigenvalue weighted by atomic mass is 10.0. The van der Waals surface area contributed by atoms with Gasteiger partial charge in [0.05, 0.1) is 5.54 Å². The Morgan fingerprint density at radius 2 is 2.06 bits per heavy atom. The fraction of sp³-hybridized carbons (Fsp3) is 0.333. The van der Waals surface area contributed by atoms with Crippen LogP contribution in [0.25, 0.3) is 0 Å². The highest BCUT2D eigenvalue weighted by Gasteiger charge is 2.33. The maximum atomic E-state index is 9.14. The van der Waals surface area contributed by atoms with Gasteiger partial charge in [0.15, 0.2) is 5.84 Å². The lowest BCUT2D eigenvalue weighted by molar-refractivity contribution is 0.236. The summed E-state index contributed by atoms with van der Waals surface area (Å²) in [5, 5.41) is 18.5. The zero-order valence-electron chi connectivity index (χ0n) is 9.46. The van der Waals surface area contributed by atoms with Gasteiger partial charge in [-0.1, -0.05) is 35.5 Å². The average Bonchev–Trinajstić information content (AvgIpc) is 2.62. The summed E-state index contributed by atoms with van der Waals surface area (Å²) in [5.74, 6) is 0.486. The van der Waals surface area contributed by atoms with Gasteiger partial charge in [-0.3, -0.25) is 0 Å². The zero-order chi connectivity index (χ0) is 11.6. The molecule has 4 nitrogen and oxygen atoms in total. The van der Waals surface area contributed by atoms with Crippen molar-refractivity contribution >= 4 is 12.1 Å². The van der Waals surface area contributed by atoms with Crippen molar-refractivity contribution in [1.29, 1.82) is 0 Å². The van der Waals surface area contributed by atoms with Crippen LogP contribution in [0.2, 0.25) is 0 Å². The summed E-state index contributed by atoms with van der Waals surface area (Å²) < 4.78 is 0. The molecule has 0 atom stereocenters. The van der Waals surface area contributed by atoms with Crippen LogP contribution < -0.4 is 0 Å². The van der Waals surface area contributed by atoms with E-state index in [0.29, 0.717) is 5.84 Å². The van der Waals surface area contributed by atoms with Crippen LogP contribution in [-0.4, -0.2) is 27.8 Å². The summed E-state index contributed by atoms with van der Waals surface area (Å²) in [7, 11) is 0. The maximum Gasteiger partial charge on any atom is 0.195 e. The molecule has 4 heteroatoms. The van der Waals surface area contributed by atoms with Crippen molar-refractivity contribution in [3.8, 4) is 0 Å². The van der Waals surface area contributed by atoms with Crippen molar-refractivity contribution < 1.29 is 5.21 Å². The zero-order valence-corrected chi connectivity index (χ0v) is 9.46. The molecule has 0 fully saturated rings.